The fraction of sp³-hybridized carbons (Fsp3) is 0.615. The van der Waals surface area contributed by atoms with Gasteiger partial charge in [-0.05, 0) is 19.8 Å². The highest BCUT2D eigenvalue weighted by molar-refractivity contribution is 7.19. The number of nitrogen functional groups attached to an aromatic ring is 1. The molecule has 0 unspecified atom stereocenters. The van der Waals surface area contributed by atoms with Gasteiger partial charge in [0, 0.05) is 19.1 Å². The number of rotatable bonds is 4. The maximum atomic E-state index is 11.9. The number of methoxy groups -OCH3 is 1. The lowest BCUT2D eigenvalue weighted by atomic mass is 10.1. The summed E-state index contributed by atoms with van der Waals surface area (Å²) in [5.74, 6) is 0.168. The summed E-state index contributed by atoms with van der Waals surface area (Å²) in [4.78, 5) is 14.5. The van der Waals surface area contributed by atoms with E-state index < -0.39 is 5.97 Å². The summed E-state index contributed by atoms with van der Waals surface area (Å²) in [7, 11) is 1.56. The summed E-state index contributed by atoms with van der Waals surface area (Å²) in [6.07, 6.45) is 1.85. The predicted octanol–water partition coefficient (Wildman–Crippen LogP) is 1.44. The van der Waals surface area contributed by atoms with Crippen molar-refractivity contribution in [1.82, 2.24) is 0 Å². The smallest absolute Gasteiger partial charge is 0.350 e. The Hall–Kier alpha value is -1.47. The molecular formula is C13H21N3O3S. The van der Waals surface area contributed by atoms with Crippen molar-refractivity contribution < 1.29 is 14.3 Å². The minimum atomic E-state index is -0.395. The average Bonchev–Trinajstić information content (AvgIpc) is 2.77. The molecule has 0 saturated carbocycles. The van der Waals surface area contributed by atoms with Crippen molar-refractivity contribution in [2.75, 3.05) is 37.4 Å². The highest BCUT2D eigenvalue weighted by Crippen LogP contribution is 2.45. The molecule has 0 aromatic carbocycles. The van der Waals surface area contributed by atoms with Gasteiger partial charge in [0.15, 0.2) is 5.75 Å². The predicted molar refractivity (Wildman–Crippen MR) is 80.7 cm³/mol. The van der Waals surface area contributed by atoms with E-state index in [2.05, 4.69) is 4.90 Å². The van der Waals surface area contributed by atoms with E-state index in [1.165, 1.54) is 11.3 Å². The topological polar surface area (TPSA) is 90.8 Å². The van der Waals surface area contributed by atoms with Crippen molar-refractivity contribution >= 4 is 28.0 Å². The largest absolute Gasteiger partial charge is 0.492 e. The molecular weight excluding hydrogens is 278 g/mol. The summed E-state index contributed by atoms with van der Waals surface area (Å²) in [6, 6.07) is 0.249. The SMILES string of the molecule is CCOC(=O)c1sc(N2CCC(N)CC2)c(OC)c1N. The first kappa shape index (κ1) is 14.9. The minimum absolute atomic E-state index is 0.249. The minimum Gasteiger partial charge on any atom is -0.492 e. The molecule has 112 valence electrons. The van der Waals surface area contributed by atoms with Gasteiger partial charge in [-0.15, -0.1) is 11.3 Å². The molecule has 20 heavy (non-hydrogen) atoms. The second kappa shape index (κ2) is 6.32. The molecule has 7 heteroatoms. The molecule has 4 N–H and O–H groups in total. The van der Waals surface area contributed by atoms with Gasteiger partial charge in [0.25, 0.3) is 0 Å². The lowest BCUT2D eigenvalue weighted by molar-refractivity contribution is 0.0533. The van der Waals surface area contributed by atoms with Crippen LogP contribution in [0.2, 0.25) is 0 Å². The molecule has 6 nitrogen and oxygen atoms in total. The van der Waals surface area contributed by atoms with E-state index >= 15 is 0 Å². The first-order chi connectivity index (χ1) is 9.58. The number of nitrogens with two attached hydrogens (primary N) is 2. The monoisotopic (exact) mass is 299 g/mol. The maximum Gasteiger partial charge on any atom is 0.350 e. The Morgan fingerprint density at radius 3 is 2.65 bits per heavy atom. The Kier molecular flexibility index (Phi) is 4.72. The van der Waals surface area contributed by atoms with Gasteiger partial charge in [-0.3, -0.25) is 0 Å². The molecule has 0 atom stereocenters. The number of carbonyl (C=O) groups excluding carboxylic acids is 1. The summed E-state index contributed by atoms with van der Waals surface area (Å²) in [5, 5.41) is 0.889. The number of ether oxygens (including phenoxy) is 2. The van der Waals surface area contributed by atoms with Crippen LogP contribution in [0.4, 0.5) is 10.7 Å². The molecule has 1 aliphatic rings. The van der Waals surface area contributed by atoms with Crippen molar-refractivity contribution in [2.45, 2.75) is 25.8 Å². The van der Waals surface area contributed by atoms with Crippen LogP contribution in [0.1, 0.15) is 29.4 Å². The van der Waals surface area contributed by atoms with Gasteiger partial charge < -0.3 is 25.8 Å². The zero-order valence-corrected chi connectivity index (χ0v) is 12.7. The molecule has 0 radical (unpaired) electrons. The Balaban J connectivity index is 2.28. The van der Waals surface area contributed by atoms with Crippen LogP contribution in [-0.2, 0) is 4.74 Å². The van der Waals surface area contributed by atoms with E-state index in [1.807, 2.05) is 0 Å². The van der Waals surface area contributed by atoms with Gasteiger partial charge in [0.2, 0.25) is 0 Å². The molecule has 2 heterocycles. The molecule has 1 aliphatic heterocycles. The van der Waals surface area contributed by atoms with E-state index in [0.29, 0.717) is 22.9 Å². The third-order valence-corrected chi connectivity index (χ3v) is 4.60. The zero-order valence-electron chi connectivity index (χ0n) is 11.8. The fourth-order valence-corrected chi connectivity index (χ4v) is 3.41. The highest BCUT2D eigenvalue weighted by Gasteiger charge is 2.27. The van der Waals surface area contributed by atoms with Crippen molar-refractivity contribution in [2.24, 2.45) is 5.73 Å². The van der Waals surface area contributed by atoms with Crippen LogP contribution in [0, 0.1) is 0 Å². The first-order valence-electron chi connectivity index (χ1n) is 6.72. The maximum absolute atomic E-state index is 11.9. The summed E-state index contributed by atoms with van der Waals surface area (Å²) in [6.45, 7) is 3.79. The molecule has 0 bridgehead atoms. The number of piperidine rings is 1. The number of carbonyl (C=O) groups is 1. The van der Waals surface area contributed by atoms with E-state index in [1.54, 1.807) is 14.0 Å². The van der Waals surface area contributed by atoms with Gasteiger partial charge >= 0.3 is 5.97 Å². The number of hydrogen-bond acceptors (Lipinski definition) is 7. The van der Waals surface area contributed by atoms with Gasteiger partial charge in [-0.2, -0.15) is 0 Å². The second-order valence-corrected chi connectivity index (χ2v) is 5.73. The van der Waals surface area contributed by atoms with E-state index in [0.717, 1.165) is 30.9 Å². The van der Waals surface area contributed by atoms with Crippen LogP contribution < -0.4 is 21.1 Å². The molecule has 1 fully saturated rings. The molecule has 2 rings (SSSR count). The van der Waals surface area contributed by atoms with E-state index in [-0.39, 0.29) is 6.04 Å². The van der Waals surface area contributed by atoms with Crippen LogP contribution in [0.15, 0.2) is 0 Å². The number of hydrogen-bond donors (Lipinski definition) is 2. The van der Waals surface area contributed by atoms with Crippen LogP contribution in [0.25, 0.3) is 0 Å². The molecule has 0 amide bonds. The summed E-state index contributed by atoms with van der Waals surface area (Å²) in [5.41, 5.74) is 12.3. The van der Waals surface area contributed by atoms with Crippen LogP contribution in [-0.4, -0.2) is 38.8 Å². The van der Waals surface area contributed by atoms with Crippen molar-refractivity contribution in [3.63, 3.8) is 0 Å². The Bertz CT molecular complexity index is 481. The van der Waals surface area contributed by atoms with Gasteiger partial charge in [-0.25, -0.2) is 4.79 Å². The van der Waals surface area contributed by atoms with Crippen molar-refractivity contribution in [3.05, 3.63) is 4.88 Å². The molecule has 0 spiro atoms. The fourth-order valence-electron chi connectivity index (χ4n) is 2.27. The molecule has 1 saturated heterocycles. The van der Waals surface area contributed by atoms with Gasteiger partial charge in [0.1, 0.15) is 15.6 Å². The number of anilines is 2. The first-order valence-corrected chi connectivity index (χ1v) is 7.54. The normalized spacial score (nSPS) is 16.2. The van der Waals surface area contributed by atoms with Crippen LogP contribution in [0.3, 0.4) is 0 Å². The summed E-state index contributed by atoms with van der Waals surface area (Å²) < 4.78 is 10.4. The summed E-state index contributed by atoms with van der Waals surface area (Å²) >= 11 is 1.33. The lowest BCUT2D eigenvalue weighted by Gasteiger charge is -2.31. The van der Waals surface area contributed by atoms with E-state index in [4.69, 9.17) is 20.9 Å². The third kappa shape index (κ3) is 2.83. The van der Waals surface area contributed by atoms with Crippen molar-refractivity contribution in [1.29, 1.82) is 0 Å². The number of nitrogens with zero attached hydrogens (tertiary/aromatic N) is 1. The highest BCUT2D eigenvalue weighted by atomic mass is 32.1. The number of esters is 1. The second-order valence-electron chi connectivity index (χ2n) is 4.73. The average molecular weight is 299 g/mol. The van der Waals surface area contributed by atoms with Crippen LogP contribution >= 0.6 is 11.3 Å². The molecule has 0 aliphatic carbocycles. The van der Waals surface area contributed by atoms with Gasteiger partial charge in [0.05, 0.1) is 13.7 Å². The third-order valence-electron chi connectivity index (χ3n) is 3.37. The Morgan fingerprint density at radius 1 is 1.45 bits per heavy atom. The Morgan fingerprint density at radius 2 is 2.10 bits per heavy atom. The molecule has 1 aromatic rings. The van der Waals surface area contributed by atoms with Crippen LogP contribution in [0.5, 0.6) is 5.75 Å². The number of thiophene rings is 1. The Labute approximate surface area is 122 Å². The standard InChI is InChI=1S/C13H21N3O3S/c1-3-19-13(17)11-9(15)10(18-2)12(20-11)16-6-4-8(14)5-7-16/h8H,3-7,14-15H2,1-2H3. The van der Waals surface area contributed by atoms with Gasteiger partial charge in [-0.1, -0.05) is 0 Å². The zero-order chi connectivity index (χ0) is 14.7. The molecule has 1 aromatic heterocycles. The van der Waals surface area contributed by atoms with Crippen molar-refractivity contribution in [3.8, 4) is 5.75 Å². The van der Waals surface area contributed by atoms with E-state index in [9.17, 15) is 4.79 Å². The lowest BCUT2D eigenvalue weighted by Crippen LogP contribution is -2.39. The quantitative estimate of drug-likeness (QED) is 0.818.